The Morgan fingerprint density at radius 2 is 1.95 bits per heavy atom. The van der Waals surface area contributed by atoms with E-state index in [9.17, 15) is 0 Å². The van der Waals surface area contributed by atoms with E-state index < -0.39 is 0 Å². The average Bonchev–Trinajstić information content (AvgIpc) is 2.44. The second-order valence-corrected chi connectivity index (χ2v) is 4.10. The molecule has 1 aromatic carbocycles. The standard InChI is InChI=1S/C15H18N2O2/c16-13-4-3-6-15(12-13)19-11-10-18-9-7-14-5-1-2-8-17-14/h1-6,8,12H,7,9-11,16H2. The number of anilines is 1. The van der Waals surface area contributed by atoms with Crippen LogP contribution in [0.4, 0.5) is 5.69 Å². The second-order valence-electron chi connectivity index (χ2n) is 4.10. The highest BCUT2D eigenvalue weighted by molar-refractivity contribution is 5.43. The SMILES string of the molecule is Nc1cccc(OCCOCCc2ccccn2)c1. The van der Waals surface area contributed by atoms with Gasteiger partial charge >= 0.3 is 0 Å². The summed E-state index contributed by atoms with van der Waals surface area (Å²) in [6.07, 6.45) is 2.61. The van der Waals surface area contributed by atoms with Crippen LogP contribution in [0.15, 0.2) is 48.7 Å². The van der Waals surface area contributed by atoms with Crippen molar-refractivity contribution in [2.45, 2.75) is 6.42 Å². The molecular formula is C15H18N2O2. The Morgan fingerprint density at radius 1 is 1.00 bits per heavy atom. The molecule has 100 valence electrons. The molecular weight excluding hydrogens is 240 g/mol. The van der Waals surface area contributed by atoms with Crippen molar-refractivity contribution in [3.8, 4) is 5.75 Å². The van der Waals surface area contributed by atoms with Gasteiger partial charge in [0.05, 0.1) is 13.2 Å². The predicted octanol–water partition coefficient (Wildman–Crippen LogP) is 2.30. The molecule has 0 spiro atoms. The highest BCUT2D eigenvalue weighted by Gasteiger charge is 1.96. The first-order chi connectivity index (χ1) is 9.34. The third-order valence-electron chi connectivity index (χ3n) is 2.58. The van der Waals surface area contributed by atoms with Gasteiger partial charge in [-0.2, -0.15) is 0 Å². The molecule has 2 rings (SSSR count). The Kier molecular flexibility index (Phi) is 5.19. The summed E-state index contributed by atoms with van der Waals surface area (Å²) in [5, 5.41) is 0. The molecule has 2 N–H and O–H groups in total. The van der Waals surface area contributed by atoms with E-state index in [1.807, 2.05) is 36.4 Å². The van der Waals surface area contributed by atoms with Gasteiger partial charge in [-0.1, -0.05) is 12.1 Å². The number of hydrogen-bond acceptors (Lipinski definition) is 4. The number of nitrogens with two attached hydrogens (primary N) is 1. The fourth-order valence-corrected chi connectivity index (χ4v) is 1.65. The highest BCUT2D eigenvalue weighted by atomic mass is 16.5. The highest BCUT2D eigenvalue weighted by Crippen LogP contribution is 2.13. The lowest BCUT2D eigenvalue weighted by Gasteiger charge is -2.07. The van der Waals surface area contributed by atoms with Gasteiger partial charge in [-0.3, -0.25) is 4.98 Å². The minimum atomic E-state index is 0.520. The van der Waals surface area contributed by atoms with E-state index in [1.54, 1.807) is 12.3 Å². The van der Waals surface area contributed by atoms with Crippen LogP contribution >= 0.6 is 0 Å². The average molecular weight is 258 g/mol. The maximum Gasteiger partial charge on any atom is 0.121 e. The molecule has 0 radical (unpaired) electrons. The molecule has 0 aliphatic rings. The zero-order valence-corrected chi connectivity index (χ0v) is 10.8. The lowest BCUT2D eigenvalue weighted by Crippen LogP contribution is -2.09. The van der Waals surface area contributed by atoms with Crippen LogP contribution in [-0.2, 0) is 11.2 Å². The number of pyridine rings is 1. The number of nitrogens with zero attached hydrogens (tertiary/aromatic N) is 1. The zero-order chi connectivity index (χ0) is 13.3. The van der Waals surface area contributed by atoms with Crippen LogP contribution in [0.3, 0.4) is 0 Å². The number of rotatable bonds is 7. The van der Waals surface area contributed by atoms with E-state index >= 15 is 0 Å². The van der Waals surface area contributed by atoms with Crippen molar-refractivity contribution in [1.29, 1.82) is 0 Å². The minimum absolute atomic E-state index is 0.520. The van der Waals surface area contributed by atoms with Gasteiger partial charge in [0.2, 0.25) is 0 Å². The van der Waals surface area contributed by atoms with Crippen LogP contribution in [0.5, 0.6) is 5.75 Å². The fourth-order valence-electron chi connectivity index (χ4n) is 1.65. The van der Waals surface area contributed by atoms with E-state index in [-0.39, 0.29) is 0 Å². The van der Waals surface area contributed by atoms with Crippen molar-refractivity contribution in [2.75, 3.05) is 25.6 Å². The molecule has 2 aromatic rings. The molecule has 4 heteroatoms. The summed E-state index contributed by atoms with van der Waals surface area (Å²) in [7, 11) is 0. The molecule has 1 heterocycles. The topological polar surface area (TPSA) is 57.4 Å². The molecule has 0 amide bonds. The Morgan fingerprint density at radius 3 is 2.74 bits per heavy atom. The van der Waals surface area contributed by atoms with Gasteiger partial charge in [0.1, 0.15) is 12.4 Å². The summed E-state index contributed by atoms with van der Waals surface area (Å²) in [6, 6.07) is 13.3. The lowest BCUT2D eigenvalue weighted by atomic mass is 10.3. The zero-order valence-electron chi connectivity index (χ0n) is 10.8. The summed E-state index contributed by atoms with van der Waals surface area (Å²) in [4.78, 5) is 4.23. The summed E-state index contributed by atoms with van der Waals surface area (Å²) in [5.41, 5.74) is 7.40. The van der Waals surface area contributed by atoms with Gasteiger partial charge in [-0.25, -0.2) is 0 Å². The largest absolute Gasteiger partial charge is 0.491 e. The first-order valence-corrected chi connectivity index (χ1v) is 6.30. The minimum Gasteiger partial charge on any atom is -0.491 e. The Labute approximate surface area is 113 Å². The molecule has 1 aromatic heterocycles. The van der Waals surface area contributed by atoms with Gasteiger partial charge in [0.25, 0.3) is 0 Å². The molecule has 0 atom stereocenters. The lowest BCUT2D eigenvalue weighted by molar-refractivity contribution is 0.102. The van der Waals surface area contributed by atoms with Crippen molar-refractivity contribution >= 4 is 5.69 Å². The van der Waals surface area contributed by atoms with Gasteiger partial charge in [0.15, 0.2) is 0 Å². The Balaban J connectivity index is 1.58. The molecule has 0 saturated carbocycles. The van der Waals surface area contributed by atoms with Crippen LogP contribution < -0.4 is 10.5 Å². The molecule has 19 heavy (non-hydrogen) atoms. The molecule has 0 aliphatic carbocycles. The first-order valence-electron chi connectivity index (χ1n) is 6.30. The number of nitrogen functional groups attached to an aromatic ring is 1. The quantitative estimate of drug-likeness (QED) is 0.611. The molecule has 0 unspecified atom stereocenters. The Bertz CT molecular complexity index is 489. The number of hydrogen-bond donors (Lipinski definition) is 1. The van der Waals surface area contributed by atoms with Crippen LogP contribution in [0.1, 0.15) is 5.69 Å². The van der Waals surface area contributed by atoms with E-state index in [2.05, 4.69) is 4.98 Å². The number of ether oxygens (including phenoxy) is 2. The monoisotopic (exact) mass is 258 g/mol. The van der Waals surface area contributed by atoms with E-state index in [0.29, 0.717) is 25.5 Å². The van der Waals surface area contributed by atoms with Crippen LogP contribution in [0.25, 0.3) is 0 Å². The molecule has 0 saturated heterocycles. The van der Waals surface area contributed by atoms with E-state index in [4.69, 9.17) is 15.2 Å². The molecule has 4 nitrogen and oxygen atoms in total. The van der Waals surface area contributed by atoms with Crippen molar-refractivity contribution in [3.05, 3.63) is 54.4 Å². The summed E-state index contributed by atoms with van der Waals surface area (Å²) in [5.74, 6) is 0.772. The van der Waals surface area contributed by atoms with Crippen LogP contribution in [-0.4, -0.2) is 24.8 Å². The molecule has 0 bridgehead atoms. The summed E-state index contributed by atoms with van der Waals surface area (Å²) in [6.45, 7) is 1.73. The number of benzene rings is 1. The third-order valence-corrected chi connectivity index (χ3v) is 2.58. The van der Waals surface area contributed by atoms with Gasteiger partial charge < -0.3 is 15.2 Å². The summed E-state index contributed by atoms with van der Waals surface area (Å²) < 4.78 is 11.0. The van der Waals surface area contributed by atoms with Crippen molar-refractivity contribution < 1.29 is 9.47 Å². The van der Waals surface area contributed by atoms with Gasteiger partial charge in [-0.15, -0.1) is 0 Å². The van der Waals surface area contributed by atoms with Crippen LogP contribution in [0.2, 0.25) is 0 Å². The predicted molar refractivity (Wildman–Crippen MR) is 75.1 cm³/mol. The third kappa shape index (κ3) is 4.97. The molecule has 0 fully saturated rings. The maximum atomic E-state index is 5.66. The first kappa shape index (κ1) is 13.4. The van der Waals surface area contributed by atoms with Crippen LogP contribution in [0, 0.1) is 0 Å². The summed E-state index contributed by atoms with van der Waals surface area (Å²) >= 11 is 0. The number of aromatic nitrogens is 1. The van der Waals surface area contributed by atoms with E-state index in [0.717, 1.165) is 17.9 Å². The van der Waals surface area contributed by atoms with Crippen molar-refractivity contribution in [1.82, 2.24) is 4.98 Å². The molecule has 0 aliphatic heterocycles. The van der Waals surface area contributed by atoms with Crippen molar-refractivity contribution in [2.24, 2.45) is 0 Å². The van der Waals surface area contributed by atoms with Gasteiger partial charge in [-0.05, 0) is 24.3 Å². The maximum absolute atomic E-state index is 5.66. The fraction of sp³-hybridized carbons (Fsp3) is 0.267. The van der Waals surface area contributed by atoms with Crippen molar-refractivity contribution in [3.63, 3.8) is 0 Å². The Hall–Kier alpha value is -2.07. The normalized spacial score (nSPS) is 10.3. The second kappa shape index (κ2) is 7.38. The van der Waals surface area contributed by atoms with E-state index in [1.165, 1.54) is 0 Å². The smallest absolute Gasteiger partial charge is 0.121 e. The van der Waals surface area contributed by atoms with Gasteiger partial charge in [0, 0.05) is 30.1 Å².